The Hall–Kier alpha value is 0.140. The lowest BCUT2D eigenvalue weighted by atomic mass is 10.4. The van der Waals surface area contributed by atoms with Gasteiger partial charge in [0, 0.05) is 27.9 Å². The van der Waals surface area contributed by atoms with E-state index in [1.165, 1.54) is 4.88 Å². The van der Waals surface area contributed by atoms with Crippen molar-refractivity contribution >= 4 is 57.2 Å². The predicted octanol–water partition coefficient (Wildman–Crippen LogP) is 2.57. The summed E-state index contributed by atoms with van der Waals surface area (Å²) in [7, 11) is 1.66. The van der Waals surface area contributed by atoms with Gasteiger partial charge in [0.1, 0.15) is 0 Å². The van der Waals surface area contributed by atoms with E-state index in [2.05, 4.69) is 26.2 Å². The van der Waals surface area contributed by atoms with E-state index < -0.39 is 0 Å². The van der Waals surface area contributed by atoms with E-state index in [0.717, 1.165) is 4.47 Å². The molecule has 1 aromatic heterocycles. The average molecular weight is 434 g/mol. The Morgan fingerprint density at radius 2 is 2.41 bits per heavy atom. The topological polar surface area (TPSA) is 59.6 Å². The Bertz CT molecular complexity index is 359. The van der Waals surface area contributed by atoms with Crippen LogP contribution >= 0.6 is 51.2 Å². The Morgan fingerprint density at radius 1 is 1.71 bits per heavy atom. The van der Waals surface area contributed by atoms with Gasteiger partial charge in [-0.25, -0.2) is 4.99 Å². The number of aliphatic imine (C=N–C) groups is 1. The molecule has 1 atom stereocenters. The van der Waals surface area contributed by atoms with E-state index in [9.17, 15) is 0 Å². The Balaban J connectivity index is 0.00000256. The minimum absolute atomic E-state index is 0. The van der Waals surface area contributed by atoms with E-state index in [0.29, 0.717) is 19.1 Å². The first-order valence-corrected chi connectivity index (χ1v) is 6.57. The fourth-order valence-electron chi connectivity index (χ4n) is 1.19. The van der Waals surface area contributed by atoms with Crippen molar-refractivity contribution in [3.63, 3.8) is 0 Å². The summed E-state index contributed by atoms with van der Waals surface area (Å²) in [5, 5.41) is 5.08. The number of rotatable bonds is 5. The zero-order valence-electron chi connectivity index (χ0n) is 9.77. The van der Waals surface area contributed by atoms with Crippen LogP contribution in [0.4, 0.5) is 0 Å². The number of ether oxygens (including phenoxy) is 1. The lowest BCUT2D eigenvalue weighted by molar-refractivity contribution is 0.179. The summed E-state index contributed by atoms with van der Waals surface area (Å²) in [5.74, 6) is 0.453. The molecule has 0 bridgehead atoms. The number of hydrogen-bond donors (Lipinski definition) is 2. The molecule has 0 saturated heterocycles. The van der Waals surface area contributed by atoms with Crippen LogP contribution in [0.3, 0.4) is 0 Å². The number of nitrogens with one attached hydrogen (secondary N) is 1. The molecule has 0 aliphatic heterocycles. The van der Waals surface area contributed by atoms with Gasteiger partial charge >= 0.3 is 0 Å². The molecule has 0 aliphatic rings. The van der Waals surface area contributed by atoms with Crippen LogP contribution in [0, 0.1) is 0 Å². The molecule has 17 heavy (non-hydrogen) atoms. The van der Waals surface area contributed by atoms with Gasteiger partial charge in [-0.15, -0.1) is 35.3 Å². The number of methoxy groups -OCH3 is 1. The summed E-state index contributed by atoms with van der Waals surface area (Å²) in [6, 6.07) is 2.21. The summed E-state index contributed by atoms with van der Waals surface area (Å²) in [5.41, 5.74) is 5.74. The van der Waals surface area contributed by atoms with Crippen LogP contribution in [-0.4, -0.2) is 25.7 Å². The highest BCUT2D eigenvalue weighted by atomic mass is 127. The van der Waals surface area contributed by atoms with Crippen molar-refractivity contribution in [2.24, 2.45) is 10.7 Å². The number of nitrogens with two attached hydrogens (primary N) is 1. The zero-order chi connectivity index (χ0) is 12.0. The van der Waals surface area contributed by atoms with Gasteiger partial charge in [0.15, 0.2) is 5.96 Å². The maximum absolute atomic E-state index is 5.74. The van der Waals surface area contributed by atoms with E-state index in [1.54, 1.807) is 18.4 Å². The van der Waals surface area contributed by atoms with Crippen LogP contribution in [0.15, 0.2) is 20.9 Å². The summed E-state index contributed by atoms with van der Waals surface area (Å²) in [4.78, 5) is 5.42. The highest BCUT2D eigenvalue weighted by molar-refractivity contribution is 14.0. The first kappa shape index (κ1) is 17.1. The predicted molar refractivity (Wildman–Crippen MR) is 87.2 cm³/mol. The number of hydrogen-bond acceptors (Lipinski definition) is 3. The van der Waals surface area contributed by atoms with Gasteiger partial charge in [0.05, 0.1) is 13.2 Å². The molecule has 1 heterocycles. The molecular weight excluding hydrogens is 417 g/mol. The smallest absolute Gasteiger partial charge is 0.189 e. The molecule has 0 saturated carbocycles. The van der Waals surface area contributed by atoms with Crippen LogP contribution < -0.4 is 11.1 Å². The van der Waals surface area contributed by atoms with Crippen molar-refractivity contribution < 1.29 is 4.74 Å². The third-order valence-corrected chi connectivity index (χ3v) is 3.52. The molecule has 0 radical (unpaired) electrons. The summed E-state index contributed by atoms with van der Waals surface area (Å²) < 4.78 is 6.08. The van der Waals surface area contributed by atoms with Crippen molar-refractivity contribution in [1.82, 2.24) is 5.32 Å². The highest BCUT2D eigenvalue weighted by Crippen LogP contribution is 2.20. The first-order valence-electron chi connectivity index (χ1n) is 4.90. The lowest BCUT2D eigenvalue weighted by Crippen LogP contribution is -2.40. The number of thiophene rings is 1. The maximum atomic E-state index is 5.74. The van der Waals surface area contributed by atoms with Gasteiger partial charge in [0.25, 0.3) is 0 Å². The Kier molecular flexibility index (Phi) is 9.20. The summed E-state index contributed by atoms with van der Waals surface area (Å²) in [6.07, 6.45) is 0. The molecule has 0 aromatic carbocycles. The van der Waals surface area contributed by atoms with Gasteiger partial charge in [-0.3, -0.25) is 0 Å². The van der Waals surface area contributed by atoms with Crippen LogP contribution in [0.1, 0.15) is 11.8 Å². The fraction of sp³-hybridized carbons (Fsp3) is 0.500. The average Bonchev–Trinajstić information content (AvgIpc) is 2.61. The maximum Gasteiger partial charge on any atom is 0.189 e. The van der Waals surface area contributed by atoms with Crippen LogP contribution in [-0.2, 0) is 11.3 Å². The van der Waals surface area contributed by atoms with Crippen LogP contribution in [0.2, 0.25) is 0 Å². The van der Waals surface area contributed by atoms with Crippen molar-refractivity contribution in [1.29, 1.82) is 0 Å². The molecule has 3 N–H and O–H groups in total. The summed E-state index contributed by atoms with van der Waals surface area (Å²) >= 11 is 5.06. The third kappa shape index (κ3) is 7.22. The van der Waals surface area contributed by atoms with E-state index in [-0.39, 0.29) is 30.0 Å². The summed E-state index contributed by atoms with van der Waals surface area (Å²) in [6.45, 7) is 3.21. The fourth-order valence-corrected chi connectivity index (χ4v) is 2.56. The molecule has 0 fully saturated rings. The first-order chi connectivity index (χ1) is 7.61. The quantitative estimate of drug-likeness (QED) is 0.426. The number of nitrogens with zero attached hydrogens (tertiary/aromatic N) is 1. The third-order valence-electron chi connectivity index (χ3n) is 1.84. The molecular formula is C10H17BrIN3OS. The second-order valence-corrected chi connectivity index (χ2v) is 5.34. The lowest BCUT2D eigenvalue weighted by Gasteiger charge is -2.12. The van der Waals surface area contributed by atoms with Crippen molar-refractivity contribution in [3.8, 4) is 0 Å². The SMILES string of the molecule is COCC(C)NC(N)=NCc1cc(Br)cs1.I. The molecule has 1 rings (SSSR count). The molecule has 98 valence electrons. The largest absolute Gasteiger partial charge is 0.383 e. The molecule has 4 nitrogen and oxygen atoms in total. The second-order valence-electron chi connectivity index (χ2n) is 3.43. The molecule has 0 aliphatic carbocycles. The minimum Gasteiger partial charge on any atom is -0.383 e. The molecule has 1 aromatic rings. The zero-order valence-corrected chi connectivity index (χ0v) is 14.5. The van der Waals surface area contributed by atoms with Gasteiger partial charge in [0.2, 0.25) is 0 Å². The van der Waals surface area contributed by atoms with Gasteiger partial charge < -0.3 is 15.8 Å². The van der Waals surface area contributed by atoms with Gasteiger partial charge in [-0.1, -0.05) is 0 Å². The molecule has 7 heteroatoms. The highest BCUT2D eigenvalue weighted by Gasteiger charge is 2.02. The van der Waals surface area contributed by atoms with E-state index in [4.69, 9.17) is 10.5 Å². The number of guanidine groups is 1. The van der Waals surface area contributed by atoms with Gasteiger partial charge in [-0.05, 0) is 28.9 Å². The molecule has 0 amide bonds. The standard InChI is InChI=1S/C10H16BrN3OS.HI/c1-7(5-15-2)14-10(12)13-4-9-3-8(11)6-16-9;/h3,6-7H,4-5H2,1-2H3,(H3,12,13,14);1H. The van der Waals surface area contributed by atoms with E-state index in [1.807, 2.05) is 18.4 Å². The number of halogens is 2. The Labute approximate surface area is 131 Å². The van der Waals surface area contributed by atoms with Crippen molar-refractivity contribution in [2.45, 2.75) is 19.5 Å². The minimum atomic E-state index is 0. The molecule has 0 spiro atoms. The normalized spacial score (nSPS) is 13.0. The molecule has 1 unspecified atom stereocenters. The van der Waals surface area contributed by atoms with Crippen LogP contribution in [0.25, 0.3) is 0 Å². The van der Waals surface area contributed by atoms with Gasteiger partial charge in [-0.2, -0.15) is 0 Å². The second kappa shape index (κ2) is 9.12. The van der Waals surface area contributed by atoms with Crippen molar-refractivity contribution in [2.75, 3.05) is 13.7 Å². The van der Waals surface area contributed by atoms with E-state index >= 15 is 0 Å². The Morgan fingerprint density at radius 3 is 2.94 bits per heavy atom. The van der Waals surface area contributed by atoms with Crippen molar-refractivity contribution in [3.05, 3.63) is 20.8 Å². The van der Waals surface area contributed by atoms with Crippen LogP contribution in [0.5, 0.6) is 0 Å². The monoisotopic (exact) mass is 433 g/mol.